The Morgan fingerprint density at radius 1 is 1.29 bits per heavy atom. The topological polar surface area (TPSA) is 108 Å². The van der Waals surface area contributed by atoms with Crippen molar-refractivity contribution in [1.82, 2.24) is 19.6 Å². The van der Waals surface area contributed by atoms with Crippen molar-refractivity contribution in [1.29, 1.82) is 0 Å². The molecule has 0 saturated carbocycles. The van der Waals surface area contributed by atoms with E-state index in [0.717, 1.165) is 4.68 Å². The Morgan fingerprint density at radius 2 is 2.00 bits per heavy atom. The van der Waals surface area contributed by atoms with E-state index in [1.165, 1.54) is 36.0 Å². The van der Waals surface area contributed by atoms with Gasteiger partial charge in [-0.3, -0.25) is 24.3 Å². The van der Waals surface area contributed by atoms with Gasteiger partial charge in [0.1, 0.15) is 23.1 Å². The molecule has 3 aromatic rings. The molecule has 0 spiro atoms. The lowest BCUT2D eigenvalue weighted by Gasteiger charge is -2.06. The molecule has 14 heteroatoms. The molecule has 164 valence electrons. The molecule has 0 saturated heterocycles. The highest BCUT2D eigenvalue weighted by Gasteiger charge is 2.31. The van der Waals surface area contributed by atoms with E-state index < -0.39 is 41.0 Å². The number of hydrogen-bond donors (Lipinski definition) is 1. The Hall–Kier alpha value is -3.12. The van der Waals surface area contributed by atoms with E-state index in [2.05, 4.69) is 15.5 Å². The van der Waals surface area contributed by atoms with Gasteiger partial charge in [-0.2, -0.15) is 10.2 Å². The number of hydrogen-bond acceptors (Lipinski definition) is 5. The van der Waals surface area contributed by atoms with Crippen LogP contribution in [0.25, 0.3) is 0 Å². The van der Waals surface area contributed by atoms with Crippen molar-refractivity contribution in [2.45, 2.75) is 26.4 Å². The third-order valence-corrected chi connectivity index (χ3v) is 4.87. The maximum Gasteiger partial charge on any atom is 0.319 e. The van der Waals surface area contributed by atoms with Gasteiger partial charge in [0, 0.05) is 16.8 Å². The molecule has 1 N–H and O–H groups in total. The van der Waals surface area contributed by atoms with Gasteiger partial charge in [0.25, 0.3) is 6.43 Å². The third-order valence-electron chi connectivity index (χ3n) is 4.24. The largest absolute Gasteiger partial charge is 0.319 e. The molecule has 31 heavy (non-hydrogen) atoms. The van der Waals surface area contributed by atoms with E-state index in [0.29, 0.717) is 0 Å². The lowest BCUT2D eigenvalue weighted by molar-refractivity contribution is -0.386. The second-order valence-corrected chi connectivity index (χ2v) is 7.12. The zero-order chi connectivity index (χ0) is 22.9. The molecule has 1 amide bonds. The van der Waals surface area contributed by atoms with Crippen molar-refractivity contribution < 1.29 is 22.9 Å². The van der Waals surface area contributed by atoms with Crippen LogP contribution in [0.4, 0.5) is 24.7 Å². The maximum absolute atomic E-state index is 13.9. The van der Waals surface area contributed by atoms with Crippen LogP contribution in [-0.2, 0) is 17.9 Å². The predicted octanol–water partition coefficient (Wildman–Crippen LogP) is 4.37. The van der Waals surface area contributed by atoms with E-state index in [9.17, 15) is 28.1 Å². The number of rotatable bonds is 7. The molecule has 0 radical (unpaired) electrons. The molecular formula is C17H13Cl2F3N6O3. The number of nitro groups is 1. The van der Waals surface area contributed by atoms with Crippen LogP contribution in [0, 0.1) is 22.9 Å². The fraction of sp³-hybridized carbons (Fsp3) is 0.235. The summed E-state index contributed by atoms with van der Waals surface area (Å²) in [6.07, 6.45) is -1.85. The first-order chi connectivity index (χ1) is 14.6. The molecule has 0 fully saturated rings. The van der Waals surface area contributed by atoms with Crippen LogP contribution >= 0.6 is 23.2 Å². The molecule has 0 aliphatic heterocycles. The summed E-state index contributed by atoms with van der Waals surface area (Å²) < 4.78 is 42.0. The number of aromatic nitrogens is 4. The Bertz CT molecular complexity index is 1140. The van der Waals surface area contributed by atoms with E-state index >= 15 is 0 Å². The fourth-order valence-electron chi connectivity index (χ4n) is 2.80. The normalized spacial score (nSPS) is 11.2. The van der Waals surface area contributed by atoms with Crippen molar-refractivity contribution in [3.63, 3.8) is 0 Å². The van der Waals surface area contributed by atoms with E-state index in [-0.39, 0.29) is 33.7 Å². The Kier molecular flexibility index (Phi) is 6.51. The van der Waals surface area contributed by atoms with E-state index in [1.54, 1.807) is 0 Å². The number of nitrogens with zero attached hydrogens (tertiary/aromatic N) is 5. The molecule has 0 bridgehead atoms. The molecule has 0 atom stereocenters. The lowest BCUT2D eigenvalue weighted by atomic mass is 10.2. The second kappa shape index (κ2) is 8.94. The van der Waals surface area contributed by atoms with E-state index in [1.807, 2.05) is 0 Å². The molecular weight excluding hydrogens is 464 g/mol. The summed E-state index contributed by atoms with van der Waals surface area (Å²) in [6.45, 7) is 0.537. The number of benzene rings is 1. The van der Waals surface area contributed by atoms with Gasteiger partial charge >= 0.3 is 5.69 Å². The summed E-state index contributed by atoms with van der Waals surface area (Å²) >= 11 is 12.0. The highest BCUT2D eigenvalue weighted by molar-refractivity contribution is 6.33. The minimum atomic E-state index is -3.18. The van der Waals surface area contributed by atoms with Crippen LogP contribution in [0.3, 0.4) is 0 Å². The summed E-state index contributed by atoms with van der Waals surface area (Å²) in [7, 11) is 0. The lowest BCUT2D eigenvalue weighted by Crippen LogP contribution is -2.21. The van der Waals surface area contributed by atoms with Crippen molar-refractivity contribution in [3.8, 4) is 0 Å². The van der Waals surface area contributed by atoms with Gasteiger partial charge in [-0.05, 0) is 19.1 Å². The van der Waals surface area contributed by atoms with Crippen LogP contribution in [0.15, 0.2) is 24.4 Å². The number of amides is 1. The van der Waals surface area contributed by atoms with E-state index in [4.69, 9.17) is 23.2 Å². The van der Waals surface area contributed by atoms with Crippen molar-refractivity contribution in [3.05, 3.63) is 67.3 Å². The Labute approximate surface area is 182 Å². The monoisotopic (exact) mass is 476 g/mol. The van der Waals surface area contributed by atoms with Crippen LogP contribution in [0.1, 0.15) is 23.4 Å². The highest BCUT2D eigenvalue weighted by Crippen LogP contribution is 2.31. The number of halogens is 5. The van der Waals surface area contributed by atoms with Gasteiger partial charge < -0.3 is 5.32 Å². The first-order valence-electron chi connectivity index (χ1n) is 8.54. The van der Waals surface area contributed by atoms with Crippen molar-refractivity contribution in [2.24, 2.45) is 0 Å². The van der Waals surface area contributed by atoms with Gasteiger partial charge in [-0.25, -0.2) is 13.2 Å². The first kappa shape index (κ1) is 22.6. The van der Waals surface area contributed by atoms with Crippen LogP contribution < -0.4 is 5.32 Å². The van der Waals surface area contributed by atoms with Gasteiger partial charge in [-0.1, -0.05) is 29.3 Å². The fourth-order valence-corrected chi connectivity index (χ4v) is 3.22. The zero-order valence-corrected chi connectivity index (χ0v) is 17.2. The standard InChI is InChI=1S/C17H13Cl2F3N6O3/c1-8-15(28(30)31)14(16(21)22)24-27(8)7-13(29)23-17-11(19)6-26(25-17)5-9-10(18)3-2-4-12(9)20/h2-4,6,16H,5,7H2,1H3,(H,23,25,29). The van der Waals surface area contributed by atoms with Crippen LogP contribution in [0.5, 0.6) is 0 Å². The number of anilines is 1. The summed E-state index contributed by atoms with van der Waals surface area (Å²) in [5.41, 5.74) is -1.92. The summed E-state index contributed by atoms with van der Waals surface area (Å²) in [4.78, 5) is 22.4. The Balaban J connectivity index is 1.76. The number of nitrogens with one attached hydrogen (secondary N) is 1. The summed E-state index contributed by atoms with van der Waals surface area (Å²) in [5, 5.41) is 21.1. The van der Waals surface area contributed by atoms with Crippen LogP contribution in [0.2, 0.25) is 10.0 Å². The highest BCUT2D eigenvalue weighted by atomic mass is 35.5. The Morgan fingerprint density at radius 3 is 2.58 bits per heavy atom. The van der Waals surface area contributed by atoms with Gasteiger partial charge in [0.05, 0.1) is 11.5 Å². The molecule has 3 rings (SSSR count). The molecule has 2 aromatic heterocycles. The van der Waals surface area contributed by atoms with Crippen LogP contribution in [-0.4, -0.2) is 30.4 Å². The summed E-state index contributed by atoms with van der Waals surface area (Å²) in [5.74, 6) is -1.39. The minimum Gasteiger partial charge on any atom is -0.306 e. The summed E-state index contributed by atoms with van der Waals surface area (Å²) in [6, 6.07) is 4.19. The average molecular weight is 477 g/mol. The minimum absolute atomic E-state index is 0.0252. The third kappa shape index (κ3) is 4.80. The molecule has 1 aromatic carbocycles. The number of alkyl halides is 2. The van der Waals surface area contributed by atoms with Gasteiger partial charge in [-0.15, -0.1) is 0 Å². The number of carbonyl (C=O) groups is 1. The van der Waals surface area contributed by atoms with Crippen molar-refractivity contribution >= 4 is 40.6 Å². The average Bonchev–Trinajstić information content (AvgIpc) is 3.18. The van der Waals surface area contributed by atoms with Crippen molar-refractivity contribution in [2.75, 3.05) is 5.32 Å². The van der Waals surface area contributed by atoms with Gasteiger partial charge in [0.15, 0.2) is 5.82 Å². The smallest absolute Gasteiger partial charge is 0.306 e. The SMILES string of the molecule is Cc1c([N+](=O)[O-])c(C(F)F)nn1CC(=O)Nc1nn(Cc2c(F)cccc2Cl)cc1Cl. The molecule has 2 heterocycles. The second-order valence-electron chi connectivity index (χ2n) is 6.31. The molecule has 0 unspecified atom stereocenters. The van der Waals surface area contributed by atoms with Gasteiger partial charge in [0.2, 0.25) is 11.6 Å². The quantitative estimate of drug-likeness (QED) is 0.402. The number of carbonyl (C=O) groups excluding carboxylic acids is 1. The molecule has 0 aliphatic carbocycles. The first-order valence-corrected chi connectivity index (χ1v) is 9.29. The zero-order valence-electron chi connectivity index (χ0n) is 15.7. The maximum atomic E-state index is 13.9. The molecule has 0 aliphatic rings. The molecule has 9 nitrogen and oxygen atoms in total. The predicted molar refractivity (Wildman–Crippen MR) is 105 cm³/mol.